The van der Waals surface area contributed by atoms with Crippen molar-refractivity contribution in [1.29, 1.82) is 0 Å². The van der Waals surface area contributed by atoms with E-state index in [-0.39, 0.29) is 6.04 Å². The maximum Gasteiger partial charge on any atom is 0.134 e. The molecule has 5 heteroatoms. The van der Waals surface area contributed by atoms with Gasteiger partial charge < -0.3 is 16.0 Å². The van der Waals surface area contributed by atoms with E-state index in [0.717, 1.165) is 24.0 Å². The largest absolute Gasteiger partial charge is 0.368 e. The van der Waals surface area contributed by atoms with E-state index in [2.05, 4.69) is 27.2 Å². The molecule has 1 aliphatic carbocycles. The smallest absolute Gasteiger partial charge is 0.134 e. The number of nitrogens with zero attached hydrogens (tertiary/aromatic N) is 3. The van der Waals surface area contributed by atoms with Crippen LogP contribution >= 0.6 is 0 Å². The van der Waals surface area contributed by atoms with Crippen molar-refractivity contribution in [2.45, 2.75) is 51.6 Å². The van der Waals surface area contributed by atoms with Gasteiger partial charge in [-0.2, -0.15) is 0 Å². The van der Waals surface area contributed by atoms with Crippen LogP contribution in [-0.4, -0.2) is 35.6 Å². The van der Waals surface area contributed by atoms with E-state index in [4.69, 9.17) is 5.73 Å². The molecule has 0 saturated heterocycles. The molecule has 0 aromatic carbocycles. The molecule has 19 heavy (non-hydrogen) atoms. The highest BCUT2D eigenvalue weighted by molar-refractivity contribution is 5.49. The Morgan fingerprint density at radius 1 is 1.42 bits per heavy atom. The molecule has 5 nitrogen and oxygen atoms in total. The van der Waals surface area contributed by atoms with Gasteiger partial charge in [0.2, 0.25) is 0 Å². The molecular formula is C14H25N5. The van der Waals surface area contributed by atoms with Crippen molar-refractivity contribution < 1.29 is 0 Å². The fourth-order valence-corrected chi connectivity index (χ4v) is 2.57. The van der Waals surface area contributed by atoms with Gasteiger partial charge in [-0.1, -0.05) is 12.8 Å². The zero-order valence-electron chi connectivity index (χ0n) is 12.2. The molecule has 0 aliphatic heterocycles. The summed E-state index contributed by atoms with van der Waals surface area (Å²) in [7, 11) is 2.13. The SMILES string of the molecule is Cc1nc(NCC(C)N)cc(N(C)C2CCCC2)n1. The molecule has 2 rings (SSSR count). The molecule has 1 atom stereocenters. The zero-order chi connectivity index (χ0) is 13.8. The van der Waals surface area contributed by atoms with Gasteiger partial charge in [-0.3, -0.25) is 0 Å². The normalized spacial score (nSPS) is 17.5. The third-order valence-electron chi connectivity index (χ3n) is 3.66. The second-order valence-corrected chi connectivity index (χ2v) is 5.57. The summed E-state index contributed by atoms with van der Waals surface area (Å²) >= 11 is 0. The molecule has 1 aromatic heterocycles. The van der Waals surface area contributed by atoms with Crippen LogP contribution in [0, 0.1) is 6.92 Å². The summed E-state index contributed by atoms with van der Waals surface area (Å²) in [4.78, 5) is 11.2. The highest BCUT2D eigenvalue weighted by atomic mass is 15.2. The molecule has 1 heterocycles. The van der Waals surface area contributed by atoms with Crippen LogP contribution < -0.4 is 16.0 Å². The molecule has 1 unspecified atom stereocenters. The van der Waals surface area contributed by atoms with Crippen molar-refractivity contribution in [2.24, 2.45) is 5.73 Å². The van der Waals surface area contributed by atoms with Gasteiger partial charge in [0.15, 0.2) is 0 Å². The van der Waals surface area contributed by atoms with E-state index in [1.165, 1.54) is 25.7 Å². The minimum absolute atomic E-state index is 0.117. The summed E-state index contributed by atoms with van der Waals surface area (Å²) in [5.74, 6) is 2.67. The summed E-state index contributed by atoms with van der Waals surface area (Å²) in [5, 5.41) is 3.27. The monoisotopic (exact) mass is 263 g/mol. The molecule has 1 aromatic rings. The predicted octanol–water partition coefficient (Wildman–Crippen LogP) is 1.92. The Kier molecular flexibility index (Phi) is 4.58. The Morgan fingerprint density at radius 2 is 2.11 bits per heavy atom. The number of aryl methyl sites for hydroxylation is 1. The third-order valence-corrected chi connectivity index (χ3v) is 3.66. The zero-order valence-corrected chi connectivity index (χ0v) is 12.2. The molecule has 0 radical (unpaired) electrons. The average molecular weight is 263 g/mol. The van der Waals surface area contributed by atoms with Gasteiger partial charge in [-0.05, 0) is 26.7 Å². The summed E-state index contributed by atoms with van der Waals surface area (Å²) in [5.41, 5.74) is 5.76. The molecule has 1 saturated carbocycles. The lowest BCUT2D eigenvalue weighted by atomic mass is 10.2. The first-order valence-electron chi connectivity index (χ1n) is 7.14. The lowest BCUT2D eigenvalue weighted by Crippen LogP contribution is -2.30. The lowest BCUT2D eigenvalue weighted by Gasteiger charge is -2.26. The number of anilines is 2. The van der Waals surface area contributed by atoms with Crippen LogP contribution in [0.4, 0.5) is 11.6 Å². The minimum atomic E-state index is 0.117. The highest BCUT2D eigenvalue weighted by Gasteiger charge is 2.21. The van der Waals surface area contributed by atoms with Crippen molar-refractivity contribution in [2.75, 3.05) is 23.8 Å². The first-order valence-corrected chi connectivity index (χ1v) is 7.14. The van der Waals surface area contributed by atoms with E-state index >= 15 is 0 Å². The van der Waals surface area contributed by atoms with Crippen molar-refractivity contribution in [3.05, 3.63) is 11.9 Å². The molecule has 1 fully saturated rings. The Morgan fingerprint density at radius 3 is 2.74 bits per heavy atom. The second kappa shape index (κ2) is 6.19. The Balaban J connectivity index is 2.11. The fraction of sp³-hybridized carbons (Fsp3) is 0.714. The maximum absolute atomic E-state index is 5.76. The van der Waals surface area contributed by atoms with Crippen LogP contribution in [0.25, 0.3) is 0 Å². The standard InChI is InChI=1S/C14H25N5/c1-10(15)9-16-13-8-14(18-11(2)17-13)19(3)12-6-4-5-7-12/h8,10,12H,4-7,9,15H2,1-3H3,(H,16,17,18). The van der Waals surface area contributed by atoms with Crippen molar-refractivity contribution in [3.63, 3.8) is 0 Å². The lowest BCUT2D eigenvalue weighted by molar-refractivity contribution is 0.644. The summed E-state index contributed by atoms with van der Waals surface area (Å²) in [6.45, 7) is 4.64. The number of hydrogen-bond donors (Lipinski definition) is 2. The first-order chi connectivity index (χ1) is 9.06. The predicted molar refractivity (Wildman–Crippen MR) is 79.6 cm³/mol. The minimum Gasteiger partial charge on any atom is -0.368 e. The molecule has 3 N–H and O–H groups in total. The quantitative estimate of drug-likeness (QED) is 0.849. The Hall–Kier alpha value is -1.36. The molecule has 1 aliphatic rings. The highest BCUT2D eigenvalue weighted by Crippen LogP contribution is 2.26. The van der Waals surface area contributed by atoms with Gasteiger partial charge in [0.1, 0.15) is 17.5 Å². The average Bonchev–Trinajstić information content (AvgIpc) is 2.88. The van der Waals surface area contributed by atoms with E-state index in [1.807, 2.05) is 19.9 Å². The molecular weight excluding hydrogens is 238 g/mol. The van der Waals surface area contributed by atoms with Crippen LogP contribution in [0.5, 0.6) is 0 Å². The topological polar surface area (TPSA) is 67.1 Å². The van der Waals surface area contributed by atoms with Crippen LogP contribution in [0.2, 0.25) is 0 Å². The maximum atomic E-state index is 5.76. The Bertz CT molecular complexity index is 412. The number of rotatable bonds is 5. The van der Waals surface area contributed by atoms with Gasteiger partial charge in [-0.15, -0.1) is 0 Å². The van der Waals surface area contributed by atoms with Gasteiger partial charge in [0.05, 0.1) is 0 Å². The Labute approximate surface area is 115 Å². The third kappa shape index (κ3) is 3.80. The number of hydrogen-bond acceptors (Lipinski definition) is 5. The van der Waals surface area contributed by atoms with Crippen molar-refractivity contribution in [1.82, 2.24) is 9.97 Å². The van der Waals surface area contributed by atoms with Gasteiger partial charge >= 0.3 is 0 Å². The van der Waals surface area contributed by atoms with Crippen LogP contribution in [0.1, 0.15) is 38.4 Å². The summed E-state index contributed by atoms with van der Waals surface area (Å²) in [6, 6.07) is 2.76. The van der Waals surface area contributed by atoms with Crippen LogP contribution in [0.15, 0.2) is 6.07 Å². The van der Waals surface area contributed by atoms with E-state index in [0.29, 0.717) is 6.04 Å². The summed E-state index contributed by atoms with van der Waals surface area (Å²) < 4.78 is 0. The fourth-order valence-electron chi connectivity index (χ4n) is 2.57. The van der Waals surface area contributed by atoms with E-state index < -0.39 is 0 Å². The molecule has 0 bridgehead atoms. The van der Waals surface area contributed by atoms with Crippen LogP contribution in [0.3, 0.4) is 0 Å². The molecule has 0 amide bonds. The van der Waals surface area contributed by atoms with Gasteiger partial charge in [0.25, 0.3) is 0 Å². The molecule has 0 spiro atoms. The summed E-state index contributed by atoms with van der Waals surface area (Å²) in [6.07, 6.45) is 5.19. The van der Waals surface area contributed by atoms with Crippen LogP contribution in [-0.2, 0) is 0 Å². The molecule has 106 valence electrons. The van der Waals surface area contributed by atoms with E-state index in [1.54, 1.807) is 0 Å². The van der Waals surface area contributed by atoms with Crippen molar-refractivity contribution >= 4 is 11.6 Å². The van der Waals surface area contributed by atoms with Crippen molar-refractivity contribution in [3.8, 4) is 0 Å². The first kappa shape index (κ1) is 14.1. The van der Waals surface area contributed by atoms with Gasteiger partial charge in [-0.25, -0.2) is 9.97 Å². The van der Waals surface area contributed by atoms with Gasteiger partial charge in [0, 0.05) is 31.7 Å². The number of nitrogens with two attached hydrogens (primary N) is 1. The number of nitrogens with one attached hydrogen (secondary N) is 1. The number of aromatic nitrogens is 2. The second-order valence-electron chi connectivity index (χ2n) is 5.57. The van der Waals surface area contributed by atoms with E-state index in [9.17, 15) is 0 Å².